The summed E-state index contributed by atoms with van der Waals surface area (Å²) in [6.45, 7) is 8.29. The lowest BCUT2D eigenvalue weighted by Crippen LogP contribution is -2.68. The number of Topliss-reactive ketones (excluding diaryl/α,β-unsaturated/α-hetero) is 1. The van der Waals surface area contributed by atoms with E-state index in [0.29, 0.717) is 29.7 Å². The topological polar surface area (TPSA) is 117 Å². The Bertz CT molecular complexity index is 990. The zero-order valence-corrected chi connectivity index (χ0v) is 21.3. The second kappa shape index (κ2) is 7.62. The summed E-state index contributed by atoms with van der Waals surface area (Å²) in [5, 5.41) is 30.8. The number of carbonyl (C=O) groups excluding carboxylic acids is 2. The maximum atomic E-state index is 13.4. The molecule has 5 fully saturated rings. The number of fused-ring (bicyclic) bond motifs is 4. The van der Waals surface area contributed by atoms with Gasteiger partial charge in [-0.3, -0.25) is 4.79 Å². The number of esters is 1. The van der Waals surface area contributed by atoms with Gasteiger partial charge < -0.3 is 24.8 Å². The third-order valence-corrected chi connectivity index (χ3v) is 12.0. The molecule has 1 saturated heterocycles. The number of rotatable bonds is 3. The van der Waals surface area contributed by atoms with Gasteiger partial charge in [-0.25, -0.2) is 4.79 Å². The third-order valence-electron chi connectivity index (χ3n) is 12.0. The van der Waals surface area contributed by atoms with Crippen molar-refractivity contribution in [1.29, 1.82) is 0 Å². The predicted molar refractivity (Wildman–Crippen MR) is 126 cm³/mol. The molecule has 2 aliphatic heterocycles. The van der Waals surface area contributed by atoms with Gasteiger partial charge in [0.15, 0.2) is 0 Å². The molecular formula is C28H40O7. The standard InChI is InChI=1S/C28H40O7/c1-13-9-21(34-25(33)16(13)12-29)14(2)17-5-6-18-15-10-23-28(35-23)24(32)20(30)11-22(31)27(28,4)19(15)7-8-26(17,18)3/h14-15,17-21,23-24,29-30,32H,5-12H2,1-4H3/t14-,15+,17+,18-,19-,20-,21+,23+,24-,26+,27-,28-/m0/s1. The van der Waals surface area contributed by atoms with Gasteiger partial charge in [0.2, 0.25) is 0 Å². The summed E-state index contributed by atoms with van der Waals surface area (Å²) in [5.41, 5.74) is -0.221. The highest BCUT2D eigenvalue weighted by Crippen LogP contribution is 2.73. The Morgan fingerprint density at radius 1 is 1.09 bits per heavy atom. The molecule has 194 valence electrons. The van der Waals surface area contributed by atoms with E-state index in [1.54, 1.807) is 0 Å². The fourth-order valence-corrected chi connectivity index (χ4v) is 10.0. The van der Waals surface area contributed by atoms with Gasteiger partial charge in [0, 0.05) is 12.8 Å². The number of aliphatic hydroxyl groups is 3. The van der Waals surface area contributed by atoms with Crippen LogP contribution in [0.25, 0.3) is 0 Å². The quantitative estimate of drug-likeness (QED) is 0.413. The molecule has 7 nitrogen and oxygen atoms in total. The van der Waals surface area contributed by atoms with Crippen LogP contribution in [0.2, 0.25) is 0 Å². The number of carbonyl (C=O) groups is 2. The number of hydrogen-bond donors (Lipinski definition) is 3. The van der Waals surface area contributed by atoms with E-state index in [4.69, 9.17) is 9.47 Å². The van der Waals surface area contributed by atoms with Crippen molar-refractivity contribution in [3.05, 3.63) is 11.1 Å². The minimum atomic E-state index is -1.04. The van der Waals surface area contributed by atoms with Gasteiger partial charge in [0.1, 0.15) is 23.6 Å². The molecule has 2 heterocycles. The van der Waals surface area contributed by atoms with E-state index in [1.807, 2.05) is 13.8 Å². The van der Waals surface area contributed by atoms with E-state index in [0.717, 1.165) is 37.7 Å². The summed E-state index contributed by atoms with van der Waals surface area (Å²) in [4.78, 5) is 25.9. The summed E-state index contributed by atoms with van der Waals surface area (Å²) in [6, 6.07) is 0. The Morgan fingerprint density at radius 2 is 1.83 bits per heavy atom. The minimum absolute atomic E-state index is 0.00997. The third kappa shape index (κ3) is 2.87. The molecule has 6 aliphatic rings. The van der Waals surface area contributed by atoms with Crippen LogP contribution >= 0.6 is 0 Å². The van der Waals surface area contributed by atoms with Crippen molar-refractivity contribution in [2.45, 2.75) is 103 Å². The average molecular weight is 489 g/mol. The lowest BCUT2D eigenvalue weighted by atomic mass is 9.43. The number of aliphatic hydroxyl groups excluding tert-OH is 3. The summed E-state index contributed by atoms with van der Waals surface area (Å²) < 4.78 is 12.0. The molecule has 1 spiro atoms. The van der Waals surface area contributed by atoms with Crippen LogP contribution in [0.4, 0.5) is 0 Å². The number of ether oxygens (including phenoxy) is 2. The van der Waals surface area contributed by atoms with Crippen molar-refractivity contribution < 1.29 is 34.4 Å². The summed E-state index contributed by atoms with van der Waals surface area (Å²) >= 11 is 0. The number of hydrogen-bond acceptors (Lipinski definition) is 7. The van der Waals surface area contributed by atoms with Crippen LogP contribution in [0.5, 0.6) is 0 Å². The Labute approximate surface area is 207 Å². The monoisotopic (exact) mass is 488 g/mol. The molecule has 0 aromatic carbocycles. The Balaban J connectivity index is 1.27. The number of ketones is 1. The van der Waals surface area contributed by atoms with Crippen molar-refractivity contribution in [2.24, 2.45) is 40.4 Å². The molecule has 0 bridgehead atoms. The lowest BCUT2D eigenvalue weighted by molar-refractivity contribution is -0.180. The molecule has 12 atom stereocenters. The van der Waals surface area contributed by atoms with Gasteiger partial charge in [-0.1, -0.05) is 19.4 Å². The SMILES string of the molecule is CC1=C(CO)C(=O)O[C@@H]([C@@H](C)[C@H]2CC[C@H]3[C@H]4C[C@H]5O[C@]56[C@@H](O)[C@@H](O)CC(=O)[C@]6(C)[C@H]4CC[C@]23C)C1. The van der Waals surface area contributed by atoms with Crippen molar-refractivity contribution in [3.8, 4) is 0 Å². The first-order valence-electron chi connectivity index (χ1n) is 13.6. The van der Waals surface area contributed by atoms with Crippen LogP contribution in [-0.2, 0) is 19.1 Å². The highest BCUT2D eigenvalue weighted by atomic mass is 16.6. The second-order valence-electron chi connectivity index (χ2n) is 13.0. The second-order valence-corrected chi connectivity index (χ2v) is 13.0. The number of cyclic esters (lactones) is 1. The van der Waals surface area contributed by atoms with E-state index in [2.05, 4.69) is 13.8 Å². The van der Waals surface area contributed by atoms with Crippen LogP contribution in [0.3, 0.4) is 0 Å². The number of epoxide rings is 1. The van der Waals surface area contributed by atoms with Crippen molar-refractivity contribution in [1.82, 2.24) is 0 Å². The summed E-state index contributed by atoms with van der Waals surface area (Å²) in [5.74, 6) is 1.29. The van der Waals surface area contributed by atoms with E-state index >= 15 is 0 Å². The first-order chi connectivity index (χ1) is 16.5. The molecule has 0 radical (unpaired) electrons. The summed E-state index contributed by atoms with van der Waals surface area (Å²) in [7, 11) is 0. The predicted octanol–water partition coefficient (Wildman–Crippen LogP) is 2.55. The van der Waals surface area contributed by atoms with Gasteiger partial charge in [-0.2, -0.15) is 0 Å². The highest BCUT2D eigenvalue weighted by Gasteiger charge is 2.82. The largest absolute Gasteiger partial charge is 0.458 e. The molecule has 4 aliphatic carbocycles. The van der Waals surface area contributed by atoms with Crippen LogP contribution < -0.4 is 0 Å². The van der Waals surface area contributed by atoms with E-state index in [9.17, 15) is 24.9 Å². The Hall–Kier alpha value is -1.28. The van der Waals surface area contributed by atoms with Crippen LogP contribution in [0.1, 0.15) is 72.6 Å². The molecule has 0 amide bonds. The first kappa shape index (κ1) is 24.1. The molecule has 0 aromatic rings. The fraction of sp³-hybridized carbons (Fsp3) is 0.857. The van der Waals surface area contributed by atoms with Crippen molar-refractivity contribution >= 4 is 11.8 Å². The van der Waals surface area contributed by atoms with Gasteiger partial charge in [0.05, 0.1) is 29.8 Å². The Morgan fingerprint density at radius 3 is 2.51 bits per heavy atom. The lowest BCUT2D eigenvalue weighted by Gasteiger charge is -2.59. The normalized spacial score (nSPS) is 53.8. The average Bonchev–Trinajstić information content (AvgIpc) is 3.44. The van der Waals surface area contributed by atoms with Gasteiger partial charge in [-0.05, 0) is 81.0 Å². The van der Waals surface area contributed by atoms with E-state index < -0.39 is 23.2 Å². The Kier molecular flexibility index (Phi) is 5.24. The highest BCUT2D eigenvalue weighted by molar-refractivity contribution is 5.90. The van der Waals surface area contributed by atoms with Gasteiger partial charge >= 0.3 is 5.97 Å². The molecule has 35 heavy (non-hydrogen) atoms. The molecule has 0 unspecified atom stereocenters. The molecule has 4 saturated carbocycles. The maximum absolute atomic E-state index is 13.4. The zero-order valence-electron chi connectivity index (χ0n) is 21.3. The van der Waals surface area contributed by atoms with E-state index in [-0.39, 0.29) is 54.2 Å². The van der Waals surface area contributed by atoms with Gasteiger partial charge in [-0.15, -0.1) is 0 Å². The fourth-order valence-electron chi connectivity index (χ4n) is 10.0. The first-order valence-corrected chi connectivity index (χ1v) is 13.6. The molecule has 6 rings (SSSR count). The van der Waals surface area contributed by atoms with Gasteiger partial charge in [0.25, 0.3) is 0 Å². The maximum Gasteiger partial charge on any atom is 0.336 e. The zero-order chi connectivity index (χ0) is 25.1. The molecule has 3 N–H and O–H groups in total. The summed E-state index contributed by atoms with van der Waals surface area (Å²) in [6.07, 6.45) is 3.27. The molecular weight excluding hydrogens is 448 g/mol. The molecule has 7 heteroatoms. The molecule has 0 aromatic heterocycles. The van der Waals surface area contributed by atoms with Crippen LogP contribution in [0.15, 0.2) is 11.1 Å². The van der Waals surface area contributed by atoms with Crippen molar-refractivity contribution in [3.63, 3.8) is 0 Å². The smallest absolute Gasteiger partial charge is 0.336 e. The van der Waals surface area contributed by atoms with Crippen LogP contribution in [0, 0.1) is 40.4 Å². The minimum Gasteiger partial charge on any atom is -0.458 e. The van der Waals surface area contributed by atoms with E-state index in [1.165, 1.54) is 0 Å². The van der Waals surface area contributed by atoms with Crippen LogP contribution in [-0.4, -0.2) is 63.7 Å². The van der Waals surface area contributed by atoms with Crippen molar-refractivity contribution in [2.75, 3.05) is 6.61 Å².